The number of allylic oxidation sites excluding steroid dienone is 1. The van der Waals surface area contributed by atoms with Gasteiger partial charge in [0.25, 0.3) is 0 Å². The summed E-state index contributed by atoms with van der Waals surface area (Å²) >= 11 is 0. The maximum Gasteiger partial charge on any atom is 0.164 e. The van der Waals surface area contributed by atoms with Crippen molar-refractivity contribution < 1.29 is 12.8 Å². The second-order valence-corrected chi connectivity index (χ2v) is 13.3. The summed E-state index contributed by atoms with van der Waals surface area (Å²) in [6.45, 7) is 6.61. The molecule has 0 aliphatic carbocycles. The molecule has 212 valence electrons. The largest absolute Gasteiger partial charge is 0.404 e. The van der Waals surface area contributed by atoms with Crippen LogP contribution in [-0.2, 0) is 9.84 Å². The van der Waals surface area contributed by atoms with E-state index in [2.05, 4.69) is 58.1 Å². The first-order chi connectivity index (χ1) is 19.1. The zero-order valence-corrected chi connectivity index (χ0v) is 24.1. The van der Waals surface area contributed by atoms with Gasteiger partial charge in [0, 0.05) is 60.1 Å². The number of hydrogen-bond acceptors (Lipinski definition) is 9. The number of fused-ring (bicyclic) bond motifs is 1. The molecule has 1 aromatic carbocycles. The molecule has 0 bridgehead atoms. The Labute approximate surface area is 234 Å². The molecule has 0 amide bonds. The standard InChI is InChI=1S/C29H36FN7O2S/c1-17(2)21-6-8-26(37-15-19(18(37)3)16-40(4,38)39)24-14-33-28(11-22(21)24)35-27-9-10-32-29(36-27)23(13-31)25-7-5-20(12-30)34-25/h6,8-11,13-14,17-20H,5,7,12,15-16,31H2,1-4H3,(H,32,33,35,36)/t18-,19-,20+/m1/s1. The lowest BCUT2D eigenvalue weighted by Gasteiger charge is -2.48. The number of aliphatic imine (C=N–C) groups is 1. The normalized spacial score (nSPS) is 21.6. The zero-order chi connectivity index (χ0) is 28.6. The van der Waals surface area contributed by atoms with Crippen LogP contribution in [0, 0.1) is 5.92 Å². The monoisotopic (exact) mass is 565 g/mol. The fourth-order valence-corrected chi connectivity index (χ4v) is 6.77. The molecule has 0 saturated carbocycles. The maximum atomic E-state index is 13.1. The molecule has 2 aliphatic heterocycles. The lowest BCUT2D eigenvalue weighted by atomic mass is 9.88. The van der Waals surface area contributed by atoms with Gasteiger partial charge in [0.2, 0.25) is 0 Å². The quantitative estimate of drug-likeness (QED) is 0.385. The van der Waals surface area contributed by atoms with E-state index in [-0.39, 0.29) is 23.8 Å². The number of benzene rings is 1. The smallest absolute Gasteiger partial charge is 0.164 e. The van der Waals surface area contributed by atoms with Gasteiger partial charge in [0.1, 0.15) is 28.1 Å². The minimum absolute atomic E-state index is 0.112. The van der Waals surface area contributed by atoms with Crippen LogP contribution in [0.1, 0.15) is 50.9 Å². The summed E-state index contributed by atoms with van der Waals surface area (Å²) in [5.74, 6) is 2.22. The highest BCUT2D eigenvalue weighted by Crippen LogP contribution is 2.39. The Morgan fingerprint density at radius 3 is 2.67 bits per heavy atom. The summed E-state index contributed by atoms with van der Waals surface area (Å²) in [5, 5.41) is 5.41. The third-order valence-corrected chi connectivity index (χ3v) is 8.86. The van der Waals surface area contributed by atoms with Gasteiger partial charge in [-0.1, -0.05) is 19.9 Å². The minimum Gasteiger partial charge on any atom is -0.404 e. The summed E-state index contributed by atoms with van der Waals surface area (Å²) < 4.78 is 36.8. The first-order valence-electron chi connectivity index (χ1n) is 13.6. The molecule has 1 saturated heterocycles. The number of hydrogen-bond donors (Lipinski definition) is 2. The molecule has 40 heavy (non-hydrogen) atoms. The van der Waals surface area contributed by atoms with Crippen LogP contribution in [0.15, 0.2) is 47.9 Å². The number of halogens is 1. The fourth-order valence-electron chi connectivity index (χ4n) is 5.61. The number of rotatable bonds is 9. The summed E-state index contributed by atoms with van der Waals surface area (Å²) in [4.78, 5) is 20.4. The Hall–Kier alpha value is -3.60. The van der Waals surface area contributed by atoms with Gasteiger partial charge in [-0.2, -0.15) is 0 Å². The molecule has 3 atom stereocenters. The SMILES string of the molecule is CC(C)c1ccc(N2C[C@H](CS(C)(=O)=O)[C@H]2C)c2cnc(Nc3ccnc(C(=CN)C4=N[C@H](CF)CC4)n3)cc12. The number of anilines is 3. The summed E-state index contributed by atoms with van der Waals surface area (Å²) in [7, 11) is -3.03. The van der Waals surface area contributed by atoms with E-state index >= 15 is 0 Å². The van der Waals surface area contributed by atoms with Crippen molar-refractivity contribution in [2.45, 2.75) is 51.6 Å². The predicted octanol–water partition coefficient (Wildman–Crippen LogP) is 4.63. The van der Waals surface area contributed by atoms with E-state index in [0.29, 0.717) is 48.3 Å². The van der Waals surface area contributed by atoms with Gasteiger partial charge in [-0.15, -0.1) is 0 Å². The Kier molecular flexibility index (Phi) is 7.76. The number of aromatic nitrogens is 3. The van der Waals surface area contributed by atoms with Crippen molar-refractivity contribution in [3.05, 3.63) is 54.2 Å². The van der Waals surface area contributed by atoms with Gasteiger partial charge < -0.3 is 16.0 Å². The van der Waals surface area contributed by atoms with Gasteiger partial charge in [-0.05, 0) is 54.8 Å². The average Bonchev–Trinajstić information content (AvgIpc) is 3.39. The van der Waals surface area contributed by atoms with E-state index in [1.807, 2.05) is 12.3 Å². The molecular weight excluding hydrogens is 529 g/mol. The Morgan fingerprint density at radius 1 is 1.23 bits per heavy atom. The summed E-state index contributed by atoms with van der Waals surface area (Å²) in [6, 6.07) is 7.84. The van der Waals surface area contributed by atoms with E-state index in [1.165, 1.54) is 18.0 Å². The van der Waals surface area contributed by atoms with Crippen LogP contribution in [-0.4, -0.2) is 66.4 Å². The molecule has 2 aliphatic rings. The molecule has 0 unspecified atom stereocenters. The minimum atomic E-state index is -3.03. The average molecular weight is 566 g/mol. The molecule has 3 N–H and O–H groups in total. The second-order valence-electron chi connectivity index (χ2n) is 11.1. The highest BCUT2D eigenvalue weighted by atomic mass is 32.2. The lowest BCUT2D eigenvalue weighted by Crippen LogP contribution is -2.57. The highest BCUT2D eigenvalue weighted by molar-refractivity contribution is 7.90. The topological polar surface area (TPSA) is 126 Å². The third-order valence-electron chi connectivity index (χ3n) is 7.83. The van der Waals surface area contributed by atoms with Crippen LogP contribution >= 0.6 is 0 Å². The number of alkyl halides is 1. The van der Waals surface area contributed by atoms with Crippen LogP contribution < -0.4 is 16.0 Å². The third kappa shape index (κ3) is 5.65. The summed E-state index contributed by atoms with van der Waals surface area (Å²) in [6.07, 6.45) is 7.53. The van der Waals surface area contributed by atoms with Crippen molar-refractivity contribution in [1.82, 2.24) is 15.0 Å². The zero-order valence-electron chi connectivity index (χ0n) is 23.3. The Morgan fingerprint density at radius 2 is 2.02 bits per heavy atom. The van der Waals surface area contributed by atoms with Crippen LogP contribution in [0.3, 0.4) is 0 Å². The number of nitrogens with two attached hydrogens (primary N) is 1. The van der Waals surface area contributed by atoms with Gasteiger partial charge in [-0.3, -0.25) is 4.99 Å². The van der Waals surface area contributed by atoms with Crippen LogP contribution in [0.5, 0.6) is 0 Å². The molecule has 9 nitrogen and oxygen atoms in total. The highest BCUT2D eigenvalue weighted by Gasteiger charge is 2.38. The van der Waals surface area contributed by atoms with Gasteiger partial charge in [0.15, 0.2) is 5.82 Å². The van der Waals surface area contributed by atoms with Gasteiger partial charge >= 0.3 is 0 Å². The molecular formula is C29H36FN7O2S. The van der Waals surface area contributed by atoms with E-state index in [9.17, 15) is 12.8 Å². The molecule has 5 rings (SSSR count). The second kappa shape index (κ2) is 11.1. The van der Waals surface area contributed by atoms with Crippen molar-refractivity contribution in [3.63, 3.8) is 0 Å². The number of sulfone groups is 1. The van der Waals surface area contributed by atoms with Gasteiger partial charge in [-0.25, -0.2) is 27.8 Å². The lowest BCUT2D eigenvalue weighted by molar-refractivity contribution is 0.342. The number of nitrogens with one attached hydrogen (secondary N) is 1. The molecule has 1 fully saturated rings. The summed E-state index contributed by atoms with van der Waals surface area (Å²) in [5.41, 5.74) is 9.48. The fraction of sp³-hybridized carbons (Fsp3) is 0.448. The molecule has 0 radical (unpaired) electrons. The van der Waals surface area contributed by atoms with Gasteiger partial charge in [0.05, 0.1) is 17.4 Å². The number of nitrogens with zero attached hydrogens (tertiary/aromatic N) is 5. The van der Waals surface area contributed by atoms with E-state index < -0.39 is 16.5 Å². The van der Waals surface area contributed by atoms with Crippen molar-refractivity contribution in [3.8, 4) is 0 Å². The van der Waals surface area contributed by atoms with Crippen molar-refractivity contribution in [1.29, 1.82) is 0 Å². The van der Waals surface area contributed by atoms with Crippen LogP contribution in [0.2, 0.25) is 0 Å². The molecule has 11 heteroatoms. The first kappa shape index (κ1) is 27.9. The van der Waals surface area contributed by atoms with Crippen LogP contribution in [0.4, 0.5) is 21.7 Å². The number of pyridine rings is 1. The molecule has 0 spiro atoms. The molecule has 2 aromatic heterocycles. The predicted molar refractivity (Wildman–Crippen MR) is 160 cm³/mol. The van der Waals surface area contributed by atoms with Crippen molar-refractivity contribution in [2.24, 2.45) is 16.6 Å². The van der Waals surface area contributed by atoms with Crippen molar-refractivity contribution in [2.75, 3.05) is 35.4 Å². The van der Waals surface area contributed by atoms with E-state index in [1.54, 1.807) is 12.3 Å². The maximum absolute atomic E-state index is 13.1. The van der Waals surface area contributed by atoms with E-state index in [4.69, 9.17) is 10.7 Å². The van der Waals surface area contributed by atoms with E-state index in [0.717, 1.165) is 22.2 Å². The Balaban J connectivity index is 1.43. The molecule has 4 heterocycles. The first-order valence-corrected chi connectivity index (χ1v) is 15.7. The molecule has 3 aromatic rings. The van der Waals surface area contributed by atoms with Crippen LogP contribution in [0.25, 0.3) is 16.3 Å². The van der Waals surface area contributed by atoms with Crippen molar-refractivity contribution >= 4 is 49.2 Å². The Bertz CT molecular complexity index is 1590.